The maximum atomic E-state index is 6.03. The minimum atomic E-state index is 0. The molecule has 0 aromatic heterocycles. The van der Waals surface area contributed by atoms with E-state index in [0.29, 0.717) is 6.10 Å². The molecule has 2 aliphatic rings. The van der Waals surface area contributed by atoms with Crippen LogP contribution in [-0.4, -0.2) is 25.2 Å². The zero-order chi connectivity index (χ0) is 16.9. The number of rotatable bonds is 5. The van der Waals surface area contributed by atoms with Gasteiger partial charge in [-0.05, 0) is 67.5 Å². The van der Waals surface area contributed by atoms with Crippen molar-refractivity contribution >= 4 is 24.1 Å². The van der Waals surface area contributed by atoms with E-state index < -0.39 is 0 Å². The Morgan fingerprint density at radius 3 is 2.23 bits per heavy atom. The summed E-state index contributed by atoms with van der Waals surface area (Å²) in [6.07, 6.45) is 6.36. The van der Waals surface area contributed by atoms with Crippen molar-refractivity contribution in [2.75, 3.05) is 18.4 Å². The van der Waals surface area contributed by atoms with Gasteiger partial charge in [-0.3, -0.25) is 4.99 Å². The summed E-state index contributed by atoms with van der Waals surface area (Å²) >= 11 is 0. The first-order chi connectivity index (χ1) is 12.3. The standard InChI is InChI=1S/C21H25N3O.ClH/c1-2-4-19(3-1)25-20-11-7-17(8-12-20)15-16-5-9-18(10-6-16)24-21-22-13-14-23-21;/h5-12,19H,1-4,13-15H2,(H2,22,23,24);1H. The molecule has 4 rings (SSSR count). The van der Waals surface area contributed by atoms with Crippen LogP contribution in [0.1, 0.15) is 36.8 Å². The molecule has 0 amide bonds. The van der Waals surface area contributed by atoms with Gasteiger partial charge in [0.2, 0.25) is 0 Å². The summed E-state index contributed by atoms with van der Waals surface area (Å²) in [6, 6.07) is 17.1. The molecule has 1 fully saturated rings. The number of anilines is 1. The summed E-state index contributed by atoms with van der Waals surface area (Å²) in [5.41, 5.74) is 3.68. The maximum absolute atomic E-state index is 6.03. The van der Waals surface area contributed by atoms with Gasteiger partial charge in [0.1, 0.15) is 5.75 Å². The topological polar surface area (TPSA) is 45.7 Å². The molecule has 0 spiro atoms. The Balaban J connectivity index is 0.00000196. The fraction of sp³-hybridized carbons (Fsp3) is 0.381. The molecule has 0 radical (unpaired) electrons. The van der Waals surface area contributed by atoms with Crippen molar-refractivity contribution in [3.05, 3.63) is 59.7 Å². The smallest absolute Gasteiger partial charge is 0.195 e. The minimum Gasteiger partial charge on any atom is -0.490 e. The molecule has 0 saturated heterocycles. The summed E-state index contributed by atoms with van der Waals surface area (Å²) in [4.78, 5) is 4.35. The third-order valence-electron chi connectivity index (χ3n) is 4.83. The lowest BCUT2D eigenvalue weighted by Gasteiger charge is -2.13. The SMILES string of the molecule is Cl.c1cc(NC2=NCCN2)ccc1Cc1ccc(OC2CCCC2)cc1. The van der Waals surface area contributed by atoms with Crippen molar-refractivity contribution in [1.82, 2.24) is 5.32 Å². The number of aliphatic imine (C=N–C) groups is 1. The third-order valence-corrected chi connectivity index (χ3v) is 4.83. The molecule has 4 nitrogen and oxygen atoms in total. The second-order valence-corrected chi connectivity index (χ2v) is 6.82. The van der Waals surface area contributed by atoms with E-state index in [4.69, 9.17) is 4.74 Å². The molecule has 2 N–H and O–H groups in total. The maximum Gasteiger partial charge on any atom is 0.195 e. The van der Waals surface area contributed by atoms with E-state index in [2.05, 4.69) is 64.2 Å². The molecule has 1 saturated carbocycles. The summed E-state index contributed by atoms with van der Waals surface area (Å²) in [7, 11) is 0. The average Bonchev–Trinajstić information content (AvgIpc) is 3.33. The number of halogens is 1. The van der Waals surface area contributed by atoms with Gasteiger partial charge in [-0.25, -0.2) is 0 Å². The van der Waals surface area contributed by atoms with E-state index in [1.54, 1.807) is 0 Å². The first kappa shape index (κ1) is 18.6. The molecule has 2 aromatic rings. The van der Waals surface area contributed by atoms with Crippen LogP contribution in [0.25, 0.3) is 0 Å². The van der Waals surface area contributed by atoms with Crippen molar-refractivity contribution in [2.45, 2.75) is 38.2 Å². The second kappa shape index (κ2) is 8.95. The quantitative estimate of drug-likeness (QED) is 0.819. The fourth-order valence-corrected chi connectivity index (χ4v) is 3.44. The molecular weight excluding hydrogens is 346 g/mol. The van der Waals surface area contributed by atoms with E-state index in [0.717, 1.165) is 36.9 Å². The molecule has 1 aliphatic heterocycles. The predicted octanol–water partition coefficient (Wildman–Crippen LogP) is 4.39. The third kappa shape index (κ3) is 4.92. The van der Waals surface area contributed by atoms with Gasteiger partial charge < -0.3 is 15.4 Å². The Morgan fingerprint density at radius 2 is 1.62 bits per heavy atom. The van der Waals surface area contributed by atoms with Crippen LogP contribution in [0.15, 0.2) is 53.5 Å². The van der Waals surface area contributed by atoms with Crippen LogP contribution in [-0.2, 0) is 6.42 Å². The molecule has 0 unspecified atom stereocenters. The number of ether oxygens (including phenoxy) is 1. The van der Waals surface area contributed by atoms with Gasteiger partial charge in [0, 0.05) is 12.2 Å². The van der Waals surface area contributed by atoms with Crippen LogP contribution in [0, 0.1) is 0 Å². The number of nitrogens with zero attached hydrogens (tertiary/aromatic N) is 1. The Kier molecular flexibility index (Phi) is 6.40. The zero-order valence-corrected chi connectivity index (χ0v) is 15.7. The first-order valence-corrected chi connectivity index (χ1v) is 9.25. The van der Waals surface area contributed by atoms with Gasteiger partial charge in [0.25, 0.3) is 0 Å². The van der Waals surface area contributed by atoms with Crippen LogP contribution in [0.4, 0.5) is 5.69 Å². The number of guanidine groups is 1. The Morgan fingerprint density at radius 1 is 0.962 bits per heavy atom. The zero-order valence-electron chi connectivity index (χ0n) is 14.9. The minimum absolute atomic E-state index is 0. The molecule has 0 bridgehead atoms. The van der Waals surface area contributed by atoms with Gasteiger partial charge >= 0.3 is 0 Å². The Hall–Kier alpha value is -2.20. The van der Waals surface area contributed by atoms with Crippen LogP contribution in [0.5, 0.6) is 5.75 Å². The van der Waals surface area contributed by atoms with Gasteiger partial charge in [-0.1, -0.05) is 24.3 Å². The molecular formula is C21H26ClN3O. The normalized spacial score (nSPS) is 16.5. The van der Waals surface area contributed by atoms with E-state index in [-0.39, 0.29) is 12.4 Å². The highest BCUT2D eigenvalue weighted by molar-refractivity contribution is 5.94. The van der Waals surface area contributed by atoms with E-state index in [1.807, 2.05) is 0 Å². The average molecular weight is 372 g/mol. The lowest BCUT2D eigenvalue weighted by atomic mass is 10.0. The summed E-state index contributed by atoms with van der Waals surface area (Å²) < 4.78 is 6.03. The van der Waals surface area contributed by atoms with Crippen LogP contribution >= 0.6 is 12.4 Å². The van der Waals surface area contributed by atoms with Crippen molar-refractivity contribution in [1.29, 1.82) is 0 Å². The predicted molar refractivity (Wildman–Crippen MR) is 110 cm³/mol. The summed E-state index contributed by atoms with van der Waals surface area (Å²) in [5.74, 6) is 1.87. The van der Waals surface area contributed by atoms with Gasteiger partial charge in [-0.15, -0.1) is 12.4 Å². The lowest BCUT2D eigenvalue weighted by molar-refractivity contribution is 0.210. The molecule has 0 atom stereocenters. The van der Waals surface area contributed by atoms with Crippen molar-refractivity contribution in [3.8, 4) is 5.75 Å². The first-order valence-electron chi connectivity index (χ1n) is 9.25. The molecule has 26 heavy (non-hydrogen) atoms. The van der Waals surface area contributed by atoms with Crippen LogP contribution in [0.2, 0.25) is 0 Å². The second-order valence-electron chi connectivity index (χ2n) is 6.82. The van der Waals surface area contributed by atoms with E-state index in [9.17, 15) is 0 Å². The highest BCUT2D eigenvalue weighted by Crippen LogP contribution is 2.24. The number of nitrogens with one attached hydrogen (secondary N) is 2. The number of hydrogen-bond donors (Lipinski definition) is 2. The lowest BCUT2D eigenvalue weighted by Crippen LogP contribution is -2.26. The monoisotopic (exact) mass is 371 g/mol. The number of hydrogen-bond acceptors (Lipinski definition) is 4. The number of benzene rings is 2. The van der Waals surface area contributed by atoms with Gasteiger partial charge in [0.15, 0.2) is 5.96 Å². The van der Waals surface area contributed by atoms with Crippen molar-refractivity contribution < 1.29 is 4.74 Å². The summed E-state index contributed by atoms with van der Waals surface area (Å²) in [6.45, 7) is 1.77. The van der Waals surface area contributed by atoms with Gasteiger partial charge in [0.05, 0.1) is 12.6 Å². The van der Waals surface area contributed by atoms with Gasteiger partial charge in [-0.2, -0.15) is 0 Å². The molecule has 5 heteroatoms. The van der Waals surface area contributed by atoms with Crippen molar-refractivity contribution in [2.24, 2.45) is 4.99 Å². The van der Waals surface area contributed by atoms with Crippen molar-refractivity contribution in [3.63, 3.8) is 0 Å². The molecule has 1 aliphatic carbocycles. The van der Waals surface area contributed by atoms with E-state index in [1.165, 1.54) is 36.8 Å². The van der Waals surface area contributed by atoms with E-state index >= 15 is 0 Å². The Labute approximate surface area is 161 Å². The van der Waals surface area contributed by atoms with Crippen LogP contribution in [0.3, 0.4) is 0 Å². The Bertz CT molecular complexity index is 722. The summed E-state index contributed by atoms with van der Waals surface area (Å²) in [5, 5.41) is 6.51. The fourth-order valence-electron chi connectivity index (χ4n) is 3.44. The highest BCUT2D eigenvalue weighted by atomic mass is 35.5. The molecule has 138 valence electrons. The molecule has 2 aromatic carbocycles. The largest absolute Gasteiger partial charge is 0.490 e. The van der Waals surface area contributed by atoms with Crippen LogP contribution < -0.4 is 15.4 Å². The highest BCUT2D eigenvalue weighted by Gasteiger charge is 2.16. The molecule has 1 heterocycles.